The van der Waals surface area contributed by atoms with Gasteiger partial charge in [-0.2, -0.15) is 0 Å². The molecule has 0 aromatic heterocycles. The van der Waals surface area contributed by atoms with Crippen LogP contribution < -0.4 is 5.32 Å². The van der Waals surface area contributed by atoms with Gasteiger partial charge in [-0.05, 0) is 34.0 Å². The molecule has 1 aliphatic heterocycles. The molecule has 4 nitrogen and oxygen atoms in total. The maximum Gasteiger partial charge on any atom is 0.407 e. The van der Waals surface area contributed by atoms with E-state index in [0.29, 0.717) is 11.0 Å². The van der Waals surface area contributed by atoms with Crippen LogP contribution in [0.15, 0.2) is 22.7 Å². The Hall–Kier alpha value is -1.14. The van der Waals surface area contributed by atoms with Crippen LogP contribution in [-0.4, -0.2) is 37.2 Å². The molecule has 0 bridgehead atoms. The molecule has 1 heterocycles. The lowest BCUT2D eigenvalue weighted by atomic mass is 10.2. The molecule has 0 spiro atoms. The molecule has 1 atom stereocenters. The van der Waals surface area contributed by atoms with E-state index >= 15 is 0 Å². The Labute approximate surface area is 120 Å². The molecule has 19 heavy (non-hydrogen) atoms. The summed E-state index contributed by atoms with van der Waals surface area (Å²) >= 11 is 3.26. The van der Waals surface area contributed by atoms with Crippen LogP contribution in [0, 0.1) is 5.82 Å². The molecule has 1 aliphatic rings. The van der Waals surface area contributed by atoms with E-state index in [-0.39, 0.29) is 11.9 Å². The van der Waals surface area contributed by atoms with Crippen molar-refractivity contribution in [2.45, 2.75) is 19.0 Å². The first-order chi connectivity index (χ1) is 9.10. The molecule has 1 aromatic rings. The SMILES string of the molecule is COC(=O)NC1CCN(Cc2cccc(F)c2Br)C1. The Morgan fingerprint density at radius 1 is 1.63 bits per heavy atom. The molecule has 0 saturated carbocycles. The minimum atomic E-state index is -0.404. The van der Waals surface area contributed by atoms with Crippen LogP contribution in [0.25, 0.3) is 0 Å². The second-order valence-corrected chi connectivity index (χ2v) is 5.36. The van der Waals surface area contributed by atoms with Crippen molar-refractivity contribution in [3.05, 3.63) is 34.1 Å². The van der Waals surface area contributed by atoms with Crippen molar-refractivity contribution in [3.8, 4) is 0 Å². The predicted molar refractivity (Wildman–Crippen MR) is 73.3 cm³/mol. The molecule has 0 aliphatic carbocycles. The number of benzene rings is 1. The van der Waals surface area contributed by atoms with E-state index in [1.165, 1.54) is 13.2 Å². The van der Waals surface area contributed by atoms with Gasteiger partial charge in [0.05, 0.1) is 11.6 Å². The quantitative estimate of drug-likeness (QED) is 0.925. The molecule has 104 valence electrons. The third-order valence-electron chi connectivity index (χ3n) is 3.21. The minimum absolute atomic E-state index is 0.0970. The van der Waals surface area contributed by atoms with Crippen LogP contribution in [0.3, 0.4) is 0 Å². The number of rotatable bonds is 3. The van der Waals surface area contributed by atoms with Gasteiger partial charge in [0.2, 0.25) is 0 Å². The standard InChI is InChI=1S/C13H16BrFN2O2/c1-19-13(18)16-10-5-6-17(8-10)7-9-3-2-4-11(15)12(9)14/h2-4,10H,5-8H2,1H3,(H,16,18). The molecule has 2 rings (SSSR count). The number of carbonyl (C=O) groups excluding carboxylic acids is 1. The first-order valence-electron chi connectivity index (χ1n) is 6.10. The lowest BCUT2D eigenvalue weighted by Crippen LogP contribution is -2.36. The second kappa shape index (κ2) is 6.34. The molecule has 1 unspecified atom stereocenters. The number of nitrogens with zero attached hydrogens (tertiary/aromatic N) is 1. The van der Waals surface area contributed by atoms with Gasteiger partial charge in [-0.25, -0.2) is 9.18 Å². The van der Waals surface area contributed by atoms with Gasteiger partial charge in [0.1, 0.15) is 5.82 Å². The summed E-state index contributed by atoms with van der Waals surface area (Å²) in [6.45, 7) is 2.29. The number of amides is 1. The van der Waals surface area contributed by atoms with Crippen molar-refractivity contribution in [3.63, 3.8) is 0 Å². The van der Waals surface area contributed by atoms with Gasteiger partial charge in [-0.15, -0.1) is 0 Å². The Balaban J connectivity index is 1.91. The summed E-state index contributed by atoms with van der Waals surface area (Å²) < 4.78 is 18.5. The average Bonchev–Trinajstić information content (AvgIpc) is 2.82. The zero-order valence-electron chi connectivity index (χ0n) is 10.7. The molecular weight excluding hydrogens is 315 g/mol. The summed E-state index contributed by atoms with van der Waals surface area (Å²) in [5.41, 5.74) is 0.915. The molecule has 1 fully saturated rings. The van der Waals surface area contributed by atoms with E-state index < -0.39 is 6.09 Å². The van der Waals surface area contributed by atoms with Crippen molar-refractivity contribution < 1.29 is 13.9 Å². The number of ether oxygens (including phenoxy) is 1. The van der Waals surface area contributed by atoms with Crippen molar-refractivity contribution in [1.29, 1.82) is 0 Å². The monoisotopic (exact) mass is 330 g/mol. The number of methoxy groups -OCH3 is 1. The predicted octanol–water partition coefficient (Wildman–Crippen LogP) is 2.52. The fraction of sp³-hybridized carbons (Fsp3) is 0.462. The largest absolute Gasteiger partial charge is 0.453 e. The third kappa shape index (κ3) is 3.67. The summed E-state index contributed by atoms with van der Waals surface area (Å²) in [6, 6.07) is 5.13. The smallest absolute Gasteiger partial charge is 0.407 e. The lowest BCUT2D eigenvalue weighted by Gasteiger charge is -2.17. The highest BCUT2D eigenvalue weighted by atomic mass is 79.9. The number of hydrogen-bond acceptors (Lipinski definition) is 3. The summed E-state index contributed by atoms with van der Waals surface area (Å²) in [4.78, 5) is 13.3. The summed E-state index contributed by atoms with van der Waals surface area (Å²) in [5.74, 6) is -0.249. The van der Waals surface area contributed by atoms with Crippen molar-refractivity contribution in [1.82, 2.24) is 10.2 Å². The second-order valence-electron chi connectivity index (χ2n) is 4.57. The molecule has 0 radical (unpaired) electrons. The average molecular weight is 331 g/mol. The number of hydrogen-bond donors (Lipinski definition) is 1. The van der Waals surface area contributed by atoms with Gasteiger partial charge >= 0.3 is 6.09 Å². The number of halogens is 2. The van der Waals surface area contributed by atoms with Crippen LogP contribution in [0.1, 0.15) is 12.0 Å². The van der Waals surface area contributed by atoms with Gasteiger partial charge in [-0.1, -0.05) is 12.1 Å². The fourth-order valence-corrected chi connectivity index (χ4v) is 2.62. The highest BCUT2D eigenvalue weighted by molar-refractivity contribution is 9.10. The van der Waals surface area contributed by atoms with Gasteiger partial charge in [0.25, 0.3) is 0 Å². The third-order valence-corrected chi connectivity index (χ3v) is 4.09. The minimum Gasteiger partial charge on any atom is -0.453 e. The first-order valence-corrected chi connectivity index (χ1v) is 6.89. The van der Waals surface area contributed by atoms with Crippen LogP contribution in [0.2, 0.25) is 0 Å². The maximum absolute atomic E-state index is 13.4. The summed E-state index contributed by atoms with van der Waals surface area (Å²) in [5, 5.41) is 2.78. The molecule has 6 heteroatoms. The van der Waals surface area contributed by atoms with Gasteiger partial charge in [0, 0.05) is 25.7 Å². The van der Waals surface area contributed by atoms with Gasteiger partial charge in [-0.3, -0.25) is 4.90 Å². The summed E-state index contributed by atoms with van der Waals surface area (Å²) in [6.07, 6.45) is 0.473. The van der Waals surface area contributed by atoms with E-state index in [2.05, 4.69) is 30.9 Å². The van der Waals surface area contributed by atoms with E-state index in [1.54, 1.807) is 6.07 Å². The number of nitrogens with one attached hydrogen (secondary N) is 1. The molecule has 1 aromatic carbocycles. The van der Waals surface area contributed by atoms with Crippen LogP contribution in [0.5, 0.6) is 0 Å². The van der Waals surface area contributed by atoms with Crippen LogP contribution in [0.4, 0.5) is 9.18 Å². The van der Waals surface area contributed by atoms with Crippen LogP contribution >= 0.6 is 15.9 Å². The number of alkyl carbamates (subject to hydrolysis) is 1. The highest BCUT2D eigenvalue weighted by Crippen LogP contribution is 2.23. The maximum atomic E-state index is 13.4. The van der Waals surface area contributed by atoms with Gasteiger partial charge < -0.3 is 10.1 Å². The zero-order chi connectivity index (χ0) is 13.8. The first kappa shape index (κ1) is 14.3. The lowest BCUT2D eigenvalue weighted by molar-refractivity contribution is 0.166. The Morgan fingerprint density at radius 2 is 2.42 bits per heavy atom. The molecule has 1 saturated heterocycles. The topological polar surface area (TPSA) is 41.6 Å². The number of likely N-dealkylation sites (tertiary alicyclic amines) is 1. The molecular formula is C13H16BrFN2O2. The fourth-order valence-electron chi connectivity index (χ4n) is 2.23. The normalized spacial score (nSPS) is 19.4. The van der Waals surface area contributed by atoms with E-state index in [9.17, 15) is 9.18 Å². The highest BCUT2D eigenvalue weighted by Gasteiger charge is 2.24. The van der Waals surface area contributed by atoms with Crippen molar-refractivity contribution >= 4 is 22.0 Å². The van der Waals surface area contributed by atoms with Crippen LogP contribution in [-0.2, 0) is 11.3 Å². The van der Waals surface area contributed by atoms with Gasteiger partial charge in [0.15, 0.2) is 0 Å². The Morgan fingerprint density at radius 3 is 3.16 bits per heavy atom. The summed E-state index contributed by atoms with van der Waals surface area (Å²) in [7, 11) is 1.35. The zero-order valence-corrected chi connectivity index (χ0v) is 12.2. The van der Waals surface area contributed by atoms with E-state index in [0.717, 1.165) is 25.1 Å². The number of carbonyl (C=O) groups is 1. The van der Waals surface area contributed by atoms with Crippen molar-refractivity contribution in [2.75, 3.05) is 20.2 Å². The Bertz CT molecular complexity index is 470. The molecule has 1 N–H and O–H groups in total. The Kier molecular flexibility index (Phi) is 4.76. The van der Waals surface area contributed by atoms with Crippen molar-refractivity contribution in [2.24, 2.45) is 0 Å². The van der Waals surface area contributed by atoms with E-state index in [1.807, 2.05) is 6.07 Å². The molecule has 1 amide bonds. The van der Waals surface area contributed by atoms with E-state index in [4.69, 9.17) is 0 Å².